The van der Waals surface area contributed by atoms with Crippen molar-refractivity contribution in [2.45, 2.75) is 38.8 Å². The molecule has 6 nitrogen and oxygen atoms in total. The number of carbonyl (C=O) groups is 1. The minimum absolute atomic E-state index is 0.255. The molecule has 1 aliphatic carbocycles. The summed E-state index contributed by atoms with van der Waals surface area (Å²) in [7, 11) is 0. The molecule has 1 saturated carbocycles. The quantitative estimate of drug-likeness (QED) is 0.741. The summed E-state index contributed by atoms with van der Waals surface area (Å²) in [4.78, 5) is 15.8. The second kappa shape index (κ2) is 6.20. The summed E-state index contributed by atoms with van der Waals surface area (Å²) in [5.41, 5.74) is 3.88. The van der Waals surface area contributed by atoms with Gasteiger partial charge in [0.25, 0.3) is 0 Å². The van der Waals surface area contributed by atoms with Crippen LogP contribution in [0.15, 0.2) is 36.7 Å². The minimum Gasteiger partial charge on any atom is -0.478 e. The number of anilines is 1. The van der Waals surface area contributed by atoms with Crippen LogP contribution in [0.25, 0.3) is 10.9 Å². The van der Waals surface area contributed by atoms with Gasteiger partial charge in [-0.3, -0.25) is 9.67 Å². The zero-order valence-electron chi connectivity index (χ0n) is 14.1. The Kier molecular flexibility index (Phi) is 3.87. The zero-order chi connectivity index (χ0) is 17.4. The Morgan fingerprint density at radius 2 is 2.24 bits per heavy atom. The van der Waals surface area contributed by atoms with Crippen molar-refractivity contribution in [2.24, 2.45) is 0 Å². The lowest BCUT2D eigenvalue weighted by Gasteiger charge is -2.25. The summed E-state index contributed by atoms with van der Waals surface area (Å²) in [5.74, 6) is -0.942. The molecule has 2 aromatic heterocycles. The maximum atomic E-state index is 11.4. The van der Waals surface area contributed by atoms with E-state index in [4.69, 9.17) is 0 Å². The van der Waals surface area contributed by atoms with Crippen LogP contribution in [0, 0.1) is 6.92 Å². The third-order valence-corrected chi connectivity index (χ3v) is 4.89. The average Bonchev–Trinajstić information content (AvgIpc) is 2.90. The van der Waals surface area contributed by atoms with Gasteiger partial charge in [0, 0.05) is 29.9 Å². The minimum atomic E-state index is -0.942. The molecule has 25 heavy (non-hydrogen) atoms. The van der Waals surface area contributed by atoms with Crippen LogP contribution in [-0.4, -0.2) is 25.8 Å². The lowest BCUT2D eigenvalue weighted by atomic mass is 9.93. The highest BCUT2D eigenvalue weighted by atomic mass is 16.4. The van der Waals surface area contributed by atoms with E-state index in [1.165, 1.54) is 19.3 Å². The first kappa shape index (κ1) is 15.6. The molecule has 4 rings (SSSR count). The summed E-state index contributed by atoms with van der Waals surface area (Å²) in [6.45, 7) is 2.60. The molecule has 1 fully saturated rings. The normalized spacial score (nSPS) is 14.4. The van der Waals surface area contributed by atoms with E-state index in [1.807, 2.05) is 19.1 Å². The smallest absolute Gasteiger partial charge is 0.335 e. The molecular weight excluding hydrogens is 316 g/mol. The van der Waals surface area contributed by atoms with Crippen LogP contribution in [-0.2, 0) is 6.54 Å². The fourth-order valence-corrected chi connectivity index (χ4v) is 3.17. The van der Waals surface area contributed by atoms with Crippen LogP contribution >= 0.6 is 0 Å². The van der Waals surface area contributed by atoms with Gasteiger partial charge in [0.15, 0.2) is 0 Å². The monoisotopic (exact) mass is 336 g/mol. The molecule has 3 aromatic rings. The van der Waals surface area contributed by atoms with Gasteiger partial charge in [0.05, 0.1) is 28.5 Å². The predicted molar refractivity (Wildman–Crippen MR) is 95.9 cm³/mol. The number of pyridine rings is 1. The Hall–Kier alpha value is -2.89. The van der Waals surface area contributed by atoms with Gasteiger partial charge in [-0.1, -0.05) is 6.07 Å². The van der Waals surface area contributed by atoms with E-state index in [-0.39, 0.29) is 5.56 Å². The first-order valence-electron chi connectivity index (χ1n) is 8.52. The molecule has 0 saturated heterocycles. The van der Waals surface area contributed by atoms with Crippen molar-refractivity contribution in [1.29, 1.82) is 0 Å². The summed E-state index contributed by atoms with van der Waals surface area (Å²) < 4.78 is 2.07. The number of aromatic carboxylic acids is 1. The molecule has 0 bridgehead atoms. The highest BCUT2D eigenvalue weighted by molar-refractivity contribution is 5.99. The van der Waals surface area contributed by atoms with E-state index in [2.05, 4.69) is 26.3 Å². The lowest BCUT2D eigenvalue weighted by molar-refractivity contribution is 0.0697. The fraction of sp³-hybridized carbons (Fsp3) is 0.316. The van der Waals surface area contributed by atoms with E-state index in [0.717, 1.165) is 27.8 Å². The average molecular weight is 336 g/mol. The molecule has 0 amide bonds. The van der Waals surface area contributed by atoms with Gasteiger partial charge in [-0.2, -0.15) is 5.10 Å². The van der Waals surface area contributed by atoms with Crippen LogP contribution < -0.4 is 5.32 Å². The number of hydrogen-bond acceptors (Lipinski definition) is 4. The topological polar surface area (TPSA) is 80.0 Å². The molecule has 2 heterocycles. The molecule has 0 atom stereocenters. The summed E-state index contributed by atoms with van der Waals surface area (Å²) in [6.07, 6.45) is 7.49. The number of aromatic nitrogens is 3. The number of carboxylic acid groups (broad SMARTS) is 1. The Morgan fingerprint density at radius 3 is 2.96 bits per heavy atom. The summed E-state index contributed by atoms with van der Waals surface area (Å²) >= 11 is 0. The van der Waals surface area contributed by atoms with E-state index in [1.54, 1.807) is 18.3 Å². The van der Waals surface area contributed by atoms with Crippen LogP contribution in [0.1, 0.15) is 46.9 Å². The standard InChI is InChI=1S/C19H20N4O2/c1-12-15(11-23(22-12)16-5-2-6-16)10-21-17-9-14(19(24)25)8-13-4-3-7-20-18(13)17/h3-4,7-9,11,16,21H,2,5-6,10H2,1H3,(H,24,25). The number of fused-ring (bicyclic) bond motifs is 1. The predicted octanol–water partition coefficient (Wildman–Crippen LogP) is 3.78. The van der Waals surface area contributed by atoms with Gasteiger partial charge in [-0.15, -0.1) is 0 Å². The van der Waals surface area contributed by atoms with Crippen molar-refractivity contribution >= 4 is 22.6 Å². The molecule has 128 valence electrons. The number of nitrogens with one attached hydrogen (secondary N) is 1. The van der Waals surface area contributed by atoms with Gasteiger partial charge in [-0.25, -0.2) is 4.79 Å². The molecular formula is C19H20N4O2. The number of hydrogen-bond donors (Lipinski definition) is 2. The SMILES string of the molecule is Cc1nn(C2CCC2)cc1CNc1cc(C(=O)O)cc2cccnc12. The highest BCUT2D eigenvalue weighted by Gasteiger charge is 2.21. The molecule has 2 N–H and O–H groups in total. The summed E-state index contributed by atoms with van der Waals surface area (Å²) in [5, 5.41) is 18.1. The van der Waals surface area contributed by atoms with E-state index >= 15 is 0 Å². The van der Waals surface area contributed by atoms with Gasteiger partial charge < -0.3 is 10.4 Å². The van der Waals surface area contributed by atoms with Crippen LogP contribution in [0.5, 0.6) is 0 Å². The molecule has 0 unspecified atom stereocenters. The number of aryl methyl sites for hydroxylation is 1. The van der Waals surface area contributed by atoms with Gasteiger partial charge >= 0.3 is 5.97 Å². The van der Waals surface area contributed by atoms with E-state index in [9.17, 15) is 9.90 Å². The maximum absolute atomic E-state index is 11.4. The van der Waals surface area contributed by atoms with Crippen molar-refractivity contribution < 1.29 is 9.90 Å². The molecule has 0 aliphatic heterocycles. The van der Waals surface area contributed by atoms with Crippen molar-refractivity contribution in [1.82, 2.24) is 14.8 Å². The second-order valence-corrected chi connectivity index (χ2v) is 6.56. The number of carboxylic acids is 1. The van der Waals surface area contributed by atoms with Gasteiger partial charge in [0.1, 0.15) is 0 Å². The number of benzene rings is 1. The first-order chi connectivity index (χ1) is 12.1. The molecule has 0 radical (unpaired) electrons. The molecule has 1 aliphatic rings. The first-order valence-corrected chi connectivity index (χ1v) is 8.52. The van der Waals surface area contributed by atoms with Gasteiger partial charge in [-0.05, 0) is 44.4 Å². The molecule has 1 aromatic carbocycles. The number of rotatable bonds is 5. The van der Waals surface area contributed by atoms with Crippen LogP contribution in [0.2, 0.25) is 0 Å². The third-order valence-electron chi connectivity index (χ3n) is 4.89. The highest BCUT2D eigenvalue weighted by Crippen LogP contribution is 2.31. The van der Waals surface area contributed by atoms with Crippen molar-refractivity contribution in [2.75, 3.05) is 5.32 Å². The number of nitrogens with zero attached hydrogens (tertiary/aromatic N) is 3. The molecule has 0 spiro atoms. The lowest BCUT2D eigenvalue weighted by Crippen LogP contribution is -2.17. The van der Waals surface area contributed by atoms with Crippen molar-refractivity contribution in [3.05, 3.63) is 53.5 Å². The van der Waals surface area contributed by atoms with E-state index < -0.39 is 5.97 Å². The fourth-order valence-electron chi connectivity index (χ4n) is 3.17. The Bertz CT molecular complexity index is 944. The Balaban J connectivity index is 1.62. The Labute approximate surface area is 145 Å². The van der Waals surface area contributed by atoms with Crippen molar-refractivity contribution in [3.63, 3.8) is 0 Å². The largest absolute Gasteiger partial charge is 0.478 e. The summed E-state index contributed by atoms with van der Waals surface area (Å²) in [6, 6.07) is 7.51. The molecule has 6 heteroatoms. The van der Waals surface area contributed by atoms with E-state index in [0.29, 0.717) is 12.6 Å². The van der Waals surface area contributed by atoms with Gasteiger partial charge in [0.2, 0.25) is 0 Å². The second-order valence-electron chi connectivity index (χ2n) is 6.56. The maximum Gasteiger partial charge on any atom is 0.335 e. The third kappa shape index (κ3) is 2.95. The zero-order valence-corrected chi connectivity index (χ0v) is 14.1. The van der Waals surface area contributed by atoms with Crippen molar-refractivity contribution in [3.8, 4) is 0 Å². The Morgan fingerprint density at radius 1 is 1.40 bits per heavy atom. The van der Waals surface area contributed by atoms with Crippen LogP contribution in [0.4, 0.5) is 5.69 Å². The van der Waals surface area contributed by atoms with Crippen LogP contribution in [0.3, 0.4) is 0 Å².